The highest BCUT2D eigenvalue weighted by molar-refractivity contribution is 6.02. The molecule has 7 nitrogen and oxygen atoms in total. The molecule has 0 bridgehead atoms. The first-order chi connectivity index (χ1) is 13.3. The van der Waals surface area contributed by atoms with Gasteiger partial charge in [-0.2, -0.15) is 0 Å². The predicted octanol–water partition coefficient (Wildman–Crippen LogP) is 2.98. The van der Waals surface area contributed by atoms with Crippen LogP contribution in [0.5, 0.6) is 17.2 Å². The molecule has 2 rings (SSSR count). The second-order valence-corrected chi connectivity index (χ2v) is 5.63. The number of carbonyl (C=O) groups is 2. The van der Waals surface area contributed by atoms with E-state index in [1.165, 1.54) is 46.5 Å². The van der Waals surface area contributed by atoms with E-state index in [1.807, 2.05) is 0 Å². The van der Waals surface area contributed by atoms with Gasteiger partial charge in [0, 0.05) is 19.1 Å². The van der Waals surface area contributed by atoms with Gasteiger partial charge < -0.3 is 24.4 Å². The van der Waals surface area contributed by atoms with E-state index in [9.17, 15) is 18.4 Å². The number of halogens is 2. The van der Waals surface area contributed by atoms with Crippen molar-refractivity contribution in [2.45, 2.75) is 6.92 Å². The maximum Gasteiger partial charge on any atom is 0.244 e. The first-order valence-electron chi connectivity index (χ1n) is 8.14. The van der Waals surface area contributed by atoms with E-state index in [0.717, 1.165) is 17.0 Å². The zero-order valence-corrected chi connectivity index (χ0v) is 15.8. The van der Waals surface area contributed by atoms with Crippen LogP contribution in [0.15, 0.2) is 30.3 Å². The normalized spacial score (nSPS) is 10.2. The summed E-state index contributed by atoms with van der Waals surface area (Å²) in [6.07, 6.45) is 0. The maximum absolute atomic E-state index is 13.7. The number of methoxy groups -OCH3 is 3. The molecule has 0 aliphatic carbocycles. The quantitative estimate of drug-likeness (QED) is 0.781. The Morgan fingerprint density at radius 1 is 1.00 bits per heavy atom. The number of anilines is 2. The van der Waals surface area contributed by atoms with Crippen molar-refractivity contribution >= 4 is 23.2 Å². The van der Waals surface area contributed by atoms with E-state index in [2.05, 4.69) is 5.32 Å². The minimum atomic E-state index is -0.921. The van der Waals surface area contributed by atoms with E-state index in [4.69, 9.17) is 14.2 Å². The average Bonchev–Trinajstić information content (AvgIpc) is 2.67. The van der Waals surface area contributed by atoms with Gasteiger partial charge in [-0.1, -0.05) is 6.07 Å². The lowest BCUT2D eigenvalue weighted by Crippen LogP contribution is -2.37. The third kappa shape index (κ3) is 4.48. The van der Waals surface area contributed by atoms with Gasteiger partial charge in [-0.15, -0.1) is 0 Å². The smallest absolute Gasteiger partial charge is 0.244 e. The van der Waals surface area contributed by atoms with E-state index < -0.39 is 35.7 Å². The molecule has 0 aliphatic heterocycles. The molecular weight excluding hydrogens is 374 g/mol. The van der Waals surface area contributed by atoms with E-state index in [0.29, 0.717) is 5.75 Å². The maximum atomic E-state index is 13.7. The van der Waals surface area contributed by atoms with Crippen LogP contribution in [0, 0.1) is 11.6 Å². The molecular formula is C19H20F2N2O5. The van der Waals surface area contributed by atoms with Crippen molar-refractivity contribution < 1.29 is 32.6 Å². The van der Waals surface area contributed by atoms with Crippen molar-refractivity contribution in [3.63, 3.8) is 0 Å². The number of nitrogens with zero attached hydrogens (tertiary/aromatic N) is 1. The largest absolute Gasteiger partial charge is 0.493 e. The van der Waals surface area contributed by atoms with E-state index in [-0.39, 0.29) is 17.2 Å². The minimum Gasteiger partial charge on any atom is -0.493 e. The molecule has 0 unspecified atom stereocenters. The molecule has 0 spiro atoms. The van der Waals surface area contributed by atoms with Crippen LogP contribution < -0.4 is 24.4 Å². The Labute approximate surface area is 160 Å². The number of carbonyl (C=O) groups excluding carboxylic acids is 2. The zero-order valence-electron chi connectivity index (χ0n) is 15.8. The Hall–Kier alpha value is -3.36. The third-order valence-electron chi connectivity index (χ3n) is 3.87. The van der Waals surface area contributed by atoms with Crippen LogP contribution in [0.3, 0.4) is 0 Å². The van der Waals surface area contributed by atoms with Gasteiger partial charge in [-0.25, -0.2) is 8.78 Å². The molecule has 0 atom stereocenters. The number of hydrogen-bond donors (Lipinski definition) is 1. The Balaban J connectivity index is 2.33. The summed E-state index contributed by atoms with van der Waals surface area (Å²) < 4.78 is 43.2. The minimum absolute atomic E-state index is 0.281. The third-order valence-corrected chi connectivity index (χ3v) is 3.87. The fourth-order valence-corrected chi connectivity index (χ4v) is 2.55. The predicted molar refractivity (Wildman–Crippen MR) is 99.1 cm³/mol. The molecule has 150 valence electrons. The van der Waals surface area contributed by atoms with Gasteiger partial charge in [0.15, 0.2) is 11.5 Å². The highest BCUT2D eigenvalue weighted by atomic mass is 19.1. The van der Waals surface area contributed by atoms with Gasteiger partial charge in [0.25, 0.3) is 0 Å². The number of hydrogen-bond acceptors (Lipinski definition) is 5. The van der Waals surface area contributed by atoms with Crippen LogP contribution in [0.4, 0.5) is 20.2 Å². The van der Waals surface area contributed by atoms with Crippen molar-refractivity contribution in [3.05, 3.63) is 42.0 Å². The topological polar surface area (TPSA) is 77.1 Å². The number of rotatable bonds is 7. The molecule has 0 aromatic heterocycles. The molecule has 2 amide bonds. The van der Waals surface area contributed by atoms with E-state index in [1.54, 1.807) is 0 Å². The molecule has 0 saturated heterocycles. The molecule has 0 fully saturated rings. The van der Waals surface area contributed by atoms with Crippen LogP contribution in [0.25, 0.3) is 0 Å². The van der Waals surface area contributed by atoms with Crippen LogP contribution in [0.2, 0.25) is 0 Å². The molecule has 0 heterocycles. The van der Waals surface area contributed by atoms with Crippen molar-refractivity contribution in [1.29, 1.82) is 0 Å². The molecule has 0 radical (unpaired) electrons. The summed E-state index contributed by atoms with van der Waals surface area (Å²) in [6.45, 7) is 0.766. The van der Waals surface area contributed by atoms with Gasteiger partial charge in [-0.3, -0.25) is 9.59 Å². The summed E-state index contributed by atoms with van der Waals surface area (Å²) in [5.74, 6) is -2.22. The Morgan fingerprint density at radius 3 is 1.96 bits per heavy atom. The molecule has 2 aromatic rings. The fraction of sp³-hybridized carbons (Fsp3) is 0.263. The van der Waals surface area contributed by atoms with E-state index >= 15 is 0 Å². The van der Waals surface area contributed by atoms with Gasteiger partial charge in [0.05, 0.1) is 27.0 Å². The molecule has 28 heavy (non-hydrogen) atoms. The first-order valence-corrected chi connectivity index (χ1v) is 8.14. The molecule has 0 aliphatic rings. The van der Waals surface area contributed by atoms with Crippen molar-refractivity contribution in [3.8, 4) is 17.2 Å². The summed E-state index contributed by atoms with van der Waals surface area (Å²) in [6, 6.07) is 6.18. The Morgan fingerprint density at radius 2 is 1.54 bits per heavy atom. The lowest BCUT2D eigenvalue weighted by Gasteiger charge is -2.23. The number of nitrogens with one attached hydrogen (secondary N) is 1. The highest BCUT2D eigenvalue weighted by Crippen LogP contribution is 2.41. The van der Waals surface area contributed by atoms with Crippen molar-refractivity contribution in [1.82, 2.24) is 0 Å². The summed E-state index contributed by atoms with van der Waals surface area (Å²) in [5, 5.41) is 2.14. The second kappa shape index (κ2) is 9.03. The lowest BCUT2D eigenvalue weighted by atomic mass is 10.2. The van der Waals surface area contributed by atoms with Crippen LogP contribution in [-0.4, -0.2) is 39.7 Å². The summed E-state index contributed by atoms with van der Waals surface area (Å²) >= 11 is 0. The van der Waals surface area contributed by atoms with Crippen LogP contribution in [0.1, 0.15) is 6.92 Å². The molecule has 2 aromatic carbocycles. The molecule has 1 N–H and O–H groups in total. The zero-order chi connectivity index (χ0) is 20.8. The first kappa shape index (κ1) is 20.9. The molecule has 0 saturated carbocycles. The van der Waals surface area contributed by atoms with Gasteiger partial charge in [-0.05, 0) is 12.1 Å². The lowest BCUT2D eigenvalue weighted by molar-refractivity contribution is -0.120. The van der Waals surface area contributed by atoms with Gasteiger partial charge in [0.1, 0.15) is 23.9 Å². The van der Waals surface area contributed by atoms with Crippen molar-refractivity contribution in [2.75, 3.05) is 38.1 Å². The monoisotopic (exact) mass is 394 g/mol. The number of ether oxygens (including phenoxy) is 3. The standard InChI is InChI=1S/C19H20F2N2O5/c1-11(24)23(10-17(25)22-18-13(20)6-5-7-14(18)21)12-8-15(26-2)19(28-4)16(9-12)27-3/h5-9H,10H2,1-4H3,(H,22,25). The Bertz CT molecular complexity index is 843. The van der Waals surface area contributed by atoms with Gasteiger partial charge in [0.2, 0.25) is 17.6 Å². The summed E-state index contributed by atoms with van der Waals surface area (Å²) in [7, 11) is 4.25. The van der Waals surface area contributed by atoms with Crippen LogP contribution >= 0.6 is 0 Å². The summed E-state index contributed by atoms with van der Waals surface area (Å²) in [4.78, 5) is 25.5. The van der Waals surface area contributed by atoms with Crippen molar-refractivity contribution in [2.24, 2.45) is 0 Å². The summed E-state index contributed by atoms with van der Waals surface area (Å²) in [5.41, 5.74) is -0.299. The fourth-order valence-electron chi connectivity index (χ4n) is 2.55. The Kier molecular flexibility index (Phi) is 6.75. The molecule has 9 heteroatoms. The number of benzene rings is 2. The SMILES string of the molecule is COc1cc(N(CC(=O)Nc2c(F)cccc2F)C(C)=O)cc(OC)c1OC. The average molecular weight is 394 g/mol. The van der Waals surface area contributed by atoms with Gasteiger partial charge >= 0.3 is 0 Å². The number of para-hydroxylation sites is 1. The number of amides is 2. The van der Waals surface area contributed by atoms with Crippen LogP contribution in [-0.2, 0) is 9.59 Å². The second-order valence-electron chi connectivity index (χ2n) is 5.63. The highest BCUT2D eigenvalue weighted by Gasteiger charge is 2.22.